The summed E-state index contributed by atoms with van der Waals surface area (Å²) in [5.74, 6) is 1.31. The van der Waals surface area contributed by atoms with Crippen LogP contribution in [0, 0.1) is 0 Å². The van der Waals surface area contributed by atoms with Crippen molar-refractivity contribution >= 4 is 11.9 Å². The maximum absolute atomic E-state index is 14.2. The lowest BCUT2D eigenvalue weighted by atomic mass is 9.78. The number of Topliss-reactive ketones (excluding diaryl/α,β-unsaturated/α-hetero) is 1. The summed E-state index contributed by atoms with van der Waals surface area (Å²) >= 11 is 0. The van der Waals surface area contributed by atoms with E-state index in [1.54, 1.807) is 6.08 Å². The second-order valence-electron chi connectivity index (χ2n) is 12.1. The molecule has 0 saturated heterocycles. The second kappa shape index (κ2) is 18.2. The van der Waals surface area contributed by atoms with Crippen LogP contribution in [0.5, 0.6) is 0 Å². The molecule has 41 heavy (non-hydrogen) atoms. The topological polar surface area (TPSA) is 37.3 Å². The van der Waals surface area contributed by atoms with Crippen molar-refractivity contribution in [3.8, 4) is 0 Å². The van der Waals surface area contributed by atoms with Gasteiger partial charge in [-0.25, -0.2) is 0 Å². The Hall–Kier alpha value is -2.35. The molecule has 0 bridgehead atoms. The first-order valence-electron chi connectivity index (χ1n) is 17.1. The molecule has 2 rings (SSSR count). The van der Waals surface area contributed by atoms with Gasteiger partial charge in [-0.05, 0) is 109 Å². The largest absolute Gasteiger partial charge is 0.504 e. The van der Waals surface area contributed by atoms with E-state index in [9.17, 15) is 9.90 Å². The van der Waals surface area contributed by atoms with Gasteiger partial charge in [0.2, 0.25) is 5.78 Å². The van der Waals surface area contributed by atoms with Crippen LogP contribution in [0.4, 0.5) is 0 Å². The minimum atomic E-state index is -0.233. The van der Waals surface area contributed by atoms with E-state index < -0.39 is 0 Å². The van der Waals surface area contributed by atoms with Gasteiger partial charge in [0, 0.05) is 5.56 Å². The molecule has 0 heterocycles. The van der Waals surface area contributed by atoms with E-state index in [2.05, 4.69) is 79.7 Å². The van der Waals surface area contributed by atoms with Gasteiger partial charge in [0.1, 0.15) is 0 Å². The molecular formula is C39H60O2. The highest BCUT2D eigenvalue weighted by Gasteiger charge is 2.26. The Morgan fingerprint density at radius 2 is 1.17 bits per heavy atom. The zero-order valence-corrected chi connectivity index (χ0v) is 27.7. The molecule has 0 saturated carbocycles. The van der Waals surface area contributed by atoms with Gasteiger partial charge in [0.05, 0.1) is 0 Å². The van der Waals surface area contributed by atoms with Gasteiger partial charge in [0.15, 0.2) is 5.76 Å². The summed E-state index contributed by atoms with van der Waals surface area (Å²) in [7, 11) is 0. The normalized spacial score (nSPS) is 15.0. The predicted octanol–water partition coefficient (Wildman–Crippen LogP) is 12.6. The Balaban J connectivity index is 2.73. The SMILES string of the molecule is CCCC(CC)c1ccc(C(CC)CCC)c(/C=C(\O)C(=O)c2cccc(C(CC)CCC)c2C(CC)CCC)c1. The zero-order chi connectivity index (χ0) is 30.4. The molecule has 4 unspecified atom stereocenters. The van der Waals surface area contributed by atoms with E-state index in [1.165, 1.54) is 22.3 Å². The van der Waals surface area contributed by atoms with Crippen LogP contribution in [0.25, 0.3) is 6.08 Å². The van der Waals surface area contributed by atoms with Gasteiger partial charge < -0.3 is 5.11 Å². The molecule has 0 aliphatic heterocycles. The van der Waals surface area contributed by atoms with Crippen molar-refractivity contribution in [1.82, 2.24) is 0 Å². The molecule has 2 nitrogen and oxygen atoms in total. The Morgan fingerprint density at radius 1 is 0.659 bits per heavy atom. The summed E-state index contributed by atoms with van der Waals surface area (Å²) in [6, 6.07) is 13.1. The Kier molecular flexibility index (Phi) is 15.5. The second-order valence-corrected chi connectivity index (χ2v) is 12.1. The summed E-state index contributed by atoms with van der Waals surface area (Å²) in [5.41, 5.74) is 6.78. The number of aliphatic hydroxyl groups excluding tert-OH is 1. The first-order valence-corrected chi connectivity index (χ1v) is 17.1. The molecule has 0 fully saturated rings. The lowest BCUT2D eigenvalue weighted by Crippen LogP contribution is -2.15. The quantitative estimate of drug-likeness (QED) is 0.105. The van der Waals surface area contributed by atoms with Crippen molar-refractivity contribution < 1.29 is 9.90 Å². The van der Waals surface area contributed by atoms with E-state index in [0.29, 0.717) is 29.2 Å². The smallest absolute Gasteiger partial charge is 0.227 e. The van der Waals surface area contributed by atoms with Crippen LogP contribution >= 0.6 is 0 Å². The fourth-order valence-electron chi connectivity index (χ4n) is 7.00. The third kappa shape index (κ3) is 9.07. The molecule has 1 N–H and O–H groups in total. The average Bonchev–Trinajstić information content (AvgIpc) is 2.99. The molecule has 0 aliphatic carbocycles. The van der Waals surface area contributed by atoms with Crippen molar-refractivity contribution in [2.45, 2.75) is 156 Å². The molecule has 228 valence electrons. The fraction of sp³-hybridized carbons (Fsp3) is 0.615. The van der Waals surface area contributed by atoms with Crippen LogP contribution in [0.2, 0.25) is 0 Å². The summed E-state index contributed by atoms with van der Waals surface area (Å²) < 4.78 is 0. The van der Waals surface area contributed by atoms with Crippen LogP contribution in [0.15, 0.2) is 42.2 Å². The third-order valence-corrected chi connectivity index (χ3v) is 9.30. The molecular weight excluding hydrogens is 500 g/mol. The van der Waals surface area contributed by atoms with Crippen molar-refractivity contribution in [2.75, 3.05) is 0 Å². The van der Waals surface area contributed by atoms with Crippen LogP contribution in [-0.2, 0) is 0 Å². The van der Waals surface area contributed by atoms with Crippen molar-refractivity contribution in [3.63, 3.8) is 0 Å². The van der Waals surface area contributed by atoms with Crippen LogP contribution in [0.1, 0.15) is 194 Å². The van der Waals surface area contributed by atoms with E-state index in [1.807, 2.05) is 12.1 Å². The third-order valence-electron chi connectivity index (χ3n) is 9.30. The minimum Gasteiger partial charge on any atom is -0.504 e. The number of benzene rings is 2. The highest BCUT2D eigenvalue weighted by atomic mass is 16.3. The van der Waals surface area contributed by atoms with Gasteiger partial charge in [-0.1, -0.05) is 117 Å². The standard InChI is InChI=1S/C39H60O2/c1-9-18-28(13-5)32-24-25-34(29(14-6)19-10-2)33(26-32)27-37(40)39(41)36-23-17-22-35(30(15-7)20-11-3)38(36)31(16-8)21-12-4/h17,22-31,40H,9-16,18-21H2,1-8H3/b37-27-. The van der Waals surface area contributed by atoms with Crippen molar-refractivity contribution in [1.29, 1.82) is 0 Å². The number of aliphatic hydroxyl groups is 1. The fourth-order valence-corrected chi connectivity index (χ4v) is 7.00. The van der Waals surface area contributed by atoms with Gasteiger partial charge in [0.25, 0.3) is 0 Å². The van der Waals surface area contributed by atoms with E-state index in [4.69, 9.17) is 0 Å². The minimum absolute atomic E-state index is 0.133. The Morgan fingerprint density at radius 3 is 1.71 bits per heavy atom. The summed E-state index contributed by atoms with van der Waals surface area (Å²) in [4.78, 5) is 14.2. The van der Waals surface area contributed by atoms with Crippen LogP contribution in [0.3, 0.4) is 0 Å². The number of rotatable bonds is 19. The van der Waals surface area contributed by atoms with E-state index in [0.717, 1.165) is 82.6 Å². The van der Waals surface area contributed by atoms with Gasteiger partial charge >= 0.3 is 0 Å². The molecule has 0 aromatic heterocycles. The van der Waals surface area contributed by atoms with Gasteiger partial charge in [-0.2, -0.15) is 0 Å². The molecule has 2 heteroatoms. The lowest BCUT2D eigenvalue weighted by Gasteiger charge is -2.26. The Labute approximate surface area is 253 Å². The number of hydrogen-bond donors (Lipinski definition) is 1. The molecule has 0 radical (unpaired) electrons. The first kappa shape index (κ1) is 34.8. The zero-order valence-electron chi connectivity index (χ0n) is 27.7. The molecule has 2 aromatic rings. The average molecular weight is 561 g/mol. The van der Waals surface area contributed by atoms with Crippen LogP contribution < -0.4 is 0 Å². The highest BCUT2D eigenvalue weighted by Crippen LogP contribution is 2.39. The number of hydrogen-bond acceptors (Lipinski definition) is 2. The van der Waals surface area contributed by atoms with E-state index >= 15 is 0 Å². The number of allylic oxidation sites excluding steroid dienone is 1. The molecule has 0 spiro atoms. The van der Waals surface area contributed by atoms with Crippen LogP contribution in [-0.4, -0.2) is 10.9 Å². The number of carbonyl (C=O) groups excluding carboxylic acids is 1. The molecule has 4 atom stereocenters. The monoisotopic (exact) mass is 560 g/mol. The van der Waals surface area contributed by atoms with Crippen molar-refractivity contribution in [2.24, 2.45) is 0 Å². The lowest BCUT2D eigenvalue weighted by molar-refractivity contribution is 0.0978. The molecule has 0 aliphatic rings. The molecule has 2 aromatic carbocycles. The highest BCUT2D eigenvalue weighted by molar-refractivity contribution is 6.10. The van der Waals surface area contributed by atoms with Gasteiger partial charge in [-0.3, -0.25) is 4.79 Å². The maximum atomic E-state index is 14.2. The molecule has 0 amide bonds. The van der Waals surface area contributed by atoms with E-state index in [-0.39, 0.29) is 11.5 Å². The summed E-state index contributed by atoms with van der Waals surface area (Å²) in [5, 5.41) is 11.5. The predicted molar refractivity (Wildman–Crippen MR) is 180 cm³/mol. The number of ketones is 1. The first-order chi connectivity index (χ1) is 19.8. The number of carbonyl (C=O) groups is 1. The maximum Gasteiger partial charge on any atom is 0.227 e. The summed E-state index contributed by atoms with van der Waals surface area (Å²) in [6.07, 6.45) is 14.9. The van der Waals surface area contributed by atoms with Gasteiger partial charge in [-0.15, -0.1) is 0 Å². The summed E-state index contributed by atoms with van der Waals surface area (Å²) in [6.45, 7) is 17.9. The Bertz CT molecular complexity index is 1090. The van der Waals surface area contributed by atoms with Crippen molar-refractivity contribution in [3.05, 3.63) is 75.5 Å².